The summed E-state index contributed by atoms with van der Waals surface area (Å²) in [5.74, 6) is -0.319. The first kappa shape index (κ1) is 15.5. The van der Waals surface area contributed by atoms with Crippen LogP contribution in [0.25, 0.3) is 0 Å². The monoisotopic (exact) mass is 353 g/mol. The third kappa shape index (κ3) is 4.27. The van der Waals surface area contributed by atoms with Crippen molar-refractivity contribution < 1.29 is 19.0 Å². The Morgan fingerprint density at radius 3 is 2.62 bits per heavy atom. The summed E-state index contributed by atoms with van der Waals surface area (Å²) in [5.41, 5.74) is 1.07. The molecule has 0 fully saturated rings. The van der Waals surface area contributed by atoms with E-state index >= 15 is 0 Å². The normalized spacial score (nSPS) is 10.2. The van der Waals surface area contributed by atoms with Crippen LogP contribution < -0.4 is 10.1 Å². The fraction of sp³-hybridized carbons (Fsp3) is 0.133. The fourth-order valence-corrected chi connectivity index (χ4v) is 2.23. The third-order valence-electron chi connectivity index (χ3n) is 2.69. The largest absolute Gasteiger partial charge is 0.482 e. The highest BCUT2D eigenvalue weighted by Gasteiger charge is 2.10. The van der Waals surface area contributed by atoms with Crippen LogP contribution in [0.4, 0.5) is 10.1 Å². The van der Waals surface area contributed by atoms with Gasteiger partial charge in [-0.25, -0.2) is 4.39 Å². The maximum atomic E-state index is 12.8. The molecular weight excluding hydrogens is 341 g/mol. The number of nitrogens with one attached hydrogen (secondary N) is 1. The lowest BCUT2D eigenvalue weighted by Crippen LogP contribution is -2.20. The average Bonchev–Trinajstić information content (AvgIpc) is 2.48. The lowest BCUT2D eigenvalue weighted by Gasteiger charge is -2.12. The molecule has 0 atom stereocenters. The van der Waals surface area contributed by atoms with Crippen LogP contribution in [0.15, 0.2) is 46.9 Å². The molecule has 0 spiro atoms. The molecule has 2 rings (SSSR count). The molecule has 0 saturated carbocycles. The number of carbonyl (C=O) groups excluding carboxylic acids is 1. The van der Waals surface area contributed by atoms with Gasteiger partial charge in [0.15, 0.2) is 6.61 Å². The molecule has 2 aromatic carbocycles. The quantitative estimate of drug-likeness (QED) is 0.868. The number of amides is 1. The average molecular weight is 354 g/mol. The Hall–Kier alpha value is -1.92. The first-order valence-electron chi connectivity index (χ1n) is 6.16. The van der Waals surface area contributed by atoms with Gasteiger partial charge in [0.2, 0.25) is 0 Å². The van der Waals surface area contributed by atoms with Gasteiger partial charge >= 0.3 is 0 Å². The van der Waals surface area contributed by atoms with Crippen molar-refractivity contribution in [3.63, 3.8) is 0 Å². The van der Waals surface area contributed by atoms with Crippen molar-refractivity contribution in [3.8, 4) is 5.75 Å². The third-order valence-corrected chi connectivity index (χ3v) is 3.32. The number of ether oxygens (including phenoxy) is 1. The molecule has 0 aliphatic heterocycles. The van der Waals surface area contributed by atoms with Crippen LogP contribution in [-0.4, -0.2) is 17.6 Å². The standard InChI is InChI=1S/C15H13BrFNO3/c16-13-3-1-2-10(8-19)15(13)21-9-14(20)18-12-6-4-11(17)5-7-12/h1-7,19H,8-9H2,(H,18,20). The second-order valence-electron chi connectivity index (χ2n) is 4.23. The molecule has 2 aromatic rings. The van der Waals surface area contributed by atoms with Crippen molar-refractivity contribution in [3.05, 3.63) is 58.3 Å². The van der Waals surface area contributed by atoms with E-state index in [4.69, 9.17) is 4.74 Å². The number of aliphatic hydroxyl groups is 1. The smallest absolute Gasteiger partial charge is 0.262 e. The molecule has 2 N–H and O–H groups in total. The molecule has 0 bridgehead atoms. The fourth-order valence-electron chi connectivity index (χ4n) is 1.71. The Balaban J connectivity index is 1.97. The SMILES string of the molecule is O=C(COc1c(Br)cccc1CO)Nc1ccc(F)cc1. The van der Waals surface area contributed by atoms with Gasteiger partial charge in [0.25, 0.3) is 5.91 Å². The van der Waals surface area contributed by atoms with Crippen molar-refractivity contribution in [2.24, 2.45) is 0 Å². The number of halogens is 2. The molecule has 0 unspecified atom stereocenters. The Morgan fingerprint density at radius 2 is 1.95 bits per heavy atom. The zero-order chi connectivity index (χ0) is 15.2. The van der Waals surface area contributed by atoms with Crippen LogP contribution in [0.2, 0.25) is 0 Å². The summed E-state index contributed by atoms with van der Waals surface area (Å²) in [5, 5.41) is 11.8. The van der Waals surface area contributed by atoms with Crippen molar-refractivity contribution in [2.75, 3.05) is 11.9 Å². The van der Waals surface area contributed by atoms with Crippen LogP contribution in [0, 0.1) is 5.82 Å². The maximum absolute atomic E-state index is 12.8. The number of benzene rings is 2. The van der Waals surface area contributed by atoms with Gasteiger partial charge in [0.1, 0.15) is 11.6 Å². The van der Waals surface area contributed by atoms with Crippen molar-refractivity contribution >= 4 is 27.5 Å². The molecular formula is C15H13BrFNO3. The summed E-state index contributed by atoms with van der Waals surface area (Å²) in [6.07, 6.45) is 0. The highest BCUT2D eigenvalue weighted by atomic mass is 79.9. The van der Waals surface area contributed by atoms with Crippen LogP contribution in [0.5, 0.6) is 5.75 Å². The molecule has 0 aliphatic rings. The van der Waals surface area contributed by atoms with E-state index in [0.29, 0.717) is 21.5 Å². The summed E-state index contributed by atoms with van der Waals surface area (Å²) in [6, 6.07) is 10.7. The molecule has 6 heteroatoms. The number of carbonyl (C=O) groups is 1. The minimum Gasteiger partial charge on any atom is -0.482 e. The number of rotatable bonds is 5. The van der Waals surface area contributed by atoms with E-state index in [2.05, 4.69) is 21.2 Å². The molecule has 0 radical (unpaired) electrons. The van der Waals surface area contributed by atoms with Gasteiger partial charge in [-0.1, -0.05) is 12.1 Å². The summed E-state index contributed by atoms with van der Waals surface area (Å²) in [4.78, 5) is 11.8. The number of hydrogen-bond donors (Lipinski definition) is 2. The minimum atomic E-state index is -0.374. The maximum Gasteiger partial charge on any atom is 0.262 e. The molecule has 1 amide bonds. The van der Waals surface area contributed by atoms with Crippen LogP contribution in [-0.2, 0) is 11.4 Å². The Morgan fingerprint density at radius 1 is 1.24 bits per heavy atom. The van der Waals surface area contributed by atoms with Crippen molar-refractivity contribution in [1.29, 1.82) is 0 Å². The van der Waals surface area contributed by atoms with E-state index in [9.17, 15) is 14.3 Å². The number of hydrogen-bond acceptors (Lipinski definition) is 3. The molecule has 0 saturated heterocycles. The van der Waals surface area contributed by atoms with E-state index < -0.39 is 0 Å². The predicted octanol–water partition coefficient (Wildman–Crippen LogP) is 3.10. The summed E-state index contributed by atoms with van der Waals surface area (Å²) < 4.78 is 18.8. The zero-order valence-electron chi connectivity index (χ0n) is 11.0. The zero-order valence-corrected chi connectivity index (χ0v) is 12.6. The summed E-state index contributed by atoms with van der Waals surface area (Å²) in [7, 11) is 0. The highest BCUT2D eigenvalue weighted by Crippen LogP contribution is 2.29. The van der Waals surface area contributed by atoms with Crippen LogP contribution in [0.1, 0.15) is 5.56 Å². The number of anilines is 1. The molecule has 0 heterocycles. The van der Waals surface area contributed by atoms with Crippen LogP contribution >= 0.6 is 15.9 Å². The van der Waals surface area contributed by atoms with Gasteiger partial charge in [-0.05, 0) is 46.3 Å². The first-order valence-corrected chi connectivity index (χ1v) is 6.96. The summed E-state index contributed by atoms with van der Waals surface area (Å²) >= 11 is 3.30. The van der Waals surface area contributed by atoms with Gasteiger partial charge < -0.3 is 15.2 Å². The lowest BCUT2D eigenvalue weighted by molar-refractivity contribution is -0.118. The van der Waals surface area contributed by atoms with Gasteiger partial charge in [-0.15, -0.1) is 0 Å². The Bertz CT molecular complexity index is 631. The highest BCUT2D eigenvalue weighted by molar-refractivity contribution is 9.10. The topological polar surface area (TPSA) is 58.6 Å². The molecule has 110 valence electrons. The second kappa shape index (κ2) is 7.19. The van der Waals surface area contributed by atoms with Gasteiger partial charge in [-0.2, -0.15) is 0 Å². The van der Waals surface area contributed by atoms with Crippen molar-refractivity contribution in [1.82, 2.24) is 0 Å². The van der Waals surface area contributed by atoms with Gasteiger partial charge in [-0.3, -0.25) is 4.79 Å². The lowest BCUT2D eigenvalue weighted by atomic mass is 10.2. The van der Waals surface area contributed by atoms with E-state index in [1.807, 2.05) is 0 Å². The predicted molar refractivity (Wildman–Crippen MR) is 80.6 cm³/mol. The van der Waals surface area contributed by atoms with E-state index in [1.54, 1.807) is 18.2 Å². The Labute approximate surface area is 129 Å². The van der Waals surface area contributed by atoms with Crippen molar-refractivity contribution in [2.45, 2.75) is 6.61 Å². The molecule has 4 nitrogen and oxygen atoms in total. The number of aliphatic hydroxyl groups excluding tert-OH is 1. The van der Waals surface area contributed by atoms with E-state index in [1.165, 1.54) is 24.3 Å². The molecule has 21 heavy (non-hydrogen) atoms. The minimum absolute atomic E-state index is 0.186. The van der Waals surface area contributed by atoms with Gasteiger partial charge in [0.05, 0.1) is 11.1 Å². The number of para-hydroxylation sites is 1. The molecule has 0 aromatic heterocycles. The first-order chi connectivity index (χ1) is 10.1. The van der Waals surface area contributed by atoms with E-state index in [-0.39, 0.29) is 24.9 Å². The molecule has 0 aliphatic carbocycles. The Kier molecular flexibility index (Phi) is 5.30. The van der Waals surface area contributed by atoms with E-state index in [0.717, 1.165) is 0 Å². The van der Waals surface area contributed by atoms with Crippen LogP contribution in [0.3, 0.4) is 0 Å². The van der Waals surface area contributed by atoms with Gasteiger partial charge in [0, 0.05) is 11.3 Å². The summed E-state index contributed by atoms with van der Waals surface area (Å²) in [6.45, 7) is -0.401. The second-order valence-corrected chi connectivity index (χ2v) is 5.08.